The first-order valence-electron chi connectivity index (χ1n) is 6.42. The zero-order chi connectivity index (χ0) is 15.9. The molecule has 3 aromatic carbocycles. The second kappa shape index (κ2) is 5.11. The largest absolute Gasteiger partial charge is 0.505 e. The van der Waals surface area contributed by atoms with Gasteiger partial charge in [-0.2, -0.15) is 0 Å². The molecule has 110 valence electrons. The fraction of sp³-hybridized carbons (Fsp3) is 0. The van der Waals surface area contributed by atoms with Crippen LogP contribution in [-0.2, 0) is 0 Å². The number of halogens is 2. The SMILES string of the molecule is O=C(O)c1ccc2cccc(-c3c(F)ccc(O)c3F)c2c1. The van der Waals surface area contributed by atoms with E-state index in [1.165, 1.54) is 18.2 Å². The first kappa shape index (κ1) is 14.0. The third-order valence-electron chi connectivity index (χ3n) is 3.47. The summed E-state index contributed by atoms with van der Waals surface area (Å²) in [6.07, 6.45) is 0. The maximum atomic E-state index is 14.1. The van der Waals surface area contributed by atoms with Crippen LogP contribution in [0.5, 0.6) is 5.75 Å². The number of carboxylic acid groups (broad SMARTS) is 1. The molecular formula is C17H10F2O3. The average molecular weight is 300 g/mol. The molecule has 22 heavy (non-hydrogen) atoms. The van der Waals surface area contributed by atoms with Gasteiger partial charge in [-0.1, -0.05) is 24.3 Å². The van der Waals surface area contributed by atoms with E-state index in [4.69, 9.17) is 5.11 Å². The van der Waals surface area contributed by atoms with Crippen molar-refractivity contribution in [1.29, 1.82) is 0 Å². The van der Waals surface area contributed by atoms with Crippen molar-refractivity contribution in [3.63, 3.8) is 0 Å². The Kier molecular flexibility index (Phi) is 3.25. The minimum Gasteiger partial charge on any atom is -0.505 e. The Morgan fingerprint density at radius 2 is 1.77 bits per heavy atom. The van der Waals surface area contributed by atoms with E-state index in [-0.39, 0.29) is 16.7 Å². The zero-order valence-corrected chi connectivity index (χ0v) is 11.2. The van der Waals surface area contributed by atoms with Gasteiger partial charge < -0.3 is 10.2 Å². The molecule has 5 heteroatoms. The highest BCUT2D eigenvalue weighted by Gasteiger charge is 2.18. The first-order valence-corrected chi connectivity index (χ1v) is 6.42. The molecule has 0 aliphatic rings. The van der Waals surface area contributed by atoms with Crippen molar-refractivity contribution in [2.24, 2.45) is 0 Å². The summed E-state index contributed by atoms with van der Waals surface area (Å²) in [6.45, 7) is 0. The van der Waals surface area contributed by atoms with Gasteiger partial charge in [0, 0.05) is 0 Å². The normalized spacial score (nSPS) is 10.8. The number of carbonyl (C=O) groups is 1. The topological polar surface area (TPSA) is 57.5 Å². The number of phenols is 1. The van der Waals surface area contributed by atoms with Crippen LogP contribution in [-0.4, -0.2) is 16.2 Å². The van der Waals surface area contributed by atoms with Crippen molar-refractivity contribution >= 4 is 16.7 Å². The molecule has 3 rings (SSSR count). The van der Waals surface area contributed by atoms with Gasteiger partial charge in [0.1, 0.15) is 5.82 Å². The number of phenolic OH excluding ortho intramolecular Hbond substituents is 1. The van der Waals surface area contributed by atoms with E-state index in [0.29, 0.717) is 10.8 Å². The van der Waals surface area contributed by atoms with E-state index < -0.39 is 23.4 Å². The number of aromatic carboxylic acids is 1. The second-order valence-corrected chi connectivity index (χ2v) is 4.80. The Morgan fingerprint density at radius 1 is 1.00 bits per heavy atom. The minimum atomic E-state index is -1.13. The van der Waals surface area contributed by atoms with E-state index in [1.807, 2.05) is 0 Å². The molecule has 3 aromatic rings. The molecule has 3 nitrogen and oxygen atoms in total. The Morgan fingerprint density at radius 3 is 2.50 bits per heavy atom. The standard InChI is InChI=1S/C17H10F2O3/c18-13-6-7-14(20)16(19)15(13)11-3-1-2-9-4-5-10(17(21)22)8-12(9)11/h1-8,20H,(H,21,22). The van der Waals surface area contributed by atoms with Gasteiger partial charge in [-0.25, -0.2) is 13.6 Å². The summed E-state index contributed by atoms with van der Waals surface area (Å²) in [7, 11) is 0. The summed E-state index contributed by atoms with van der Waals surface area (Å²) in [5, 5.41) is 19.6. The maximum absolute atomic E-state index is 14.1. The number of hydrogen-bond acceptors (Lipinski definition) is 2. The molecule has 0 fully saturated rings. The monoisotopic (exact) mass is 300 g/mol. The Labute approximate surface area is 124 Å². The fourth-order valence-electron chi connectivity index (χ4n) is 2.41. The van der Waals surface area contributed by atoms with Gasteiger partial charge >= 0.3 is 5.97 Å². The zero-order valence-electron chi connectivity index (χ0n) is 11.2. The van der Waals surface area contributed by atoms with Crippen LogP contribution in [0.3, 0.4) is 0 Å². The molecule has 0 heterocycles. The van der Waals surface area contributed by atoms with Crippen LogP contribution in [0.2, 0.25) is 0 Å². The van der Waals surface area contributed by atoms with Crippen LogP contribution >= 0.6 is 0 Å². The molecule has 0 radical (unpaired) electrons. The highest BCUT2D eigenvalue weighted by molar-refractivity contribution is 6.01. The molecule has 0 aromatic heterocycles. The van der Waals surface area contributed by atoms with Crippen molar-refractivity contribution < 1.29 is 23.8 Å². The second-order valence-electron chi connectivity index (χ2n) is 4.80. The lowest BCUT2D eigenvalue weighted by atomic mass is 9.96. The highest BCUT2D eigenvalue weighted by atomic mass is 19.1. The van der Waals surface area contributed by atoms with Gasteiger partial charge in [0.25, 0.3) is 0 Å². The van der Waals surface area contributed by atoms with E-state index in [9.17, 15) is 18.7 Å². The van der Waals surface area contributed by atoms with E-state index in [0.717, 1.165) is 12.1 Å². The molecule has 0 unspecified atom stereocenters. The summed E-state index contributed by atoms with van der Waals surface area (Å²) in [4.78, 5) is 11.1. The minimum absolute atomic E-state index is 0.0147. The lowest BCUT2D eigenvalue weighted by Crippen LogP contribution is -1.97. The fourth-order valence-corrected chi connectivity index (χ4v) is 2.41. The number of hydrogen-bond donors (Lipinski definition) is 2. The molecule has 0 saturated heterocycles. The third kappa shape index (κ3) is 2.16. The van der Waals surface area contributed by atoms with Gasteiger partial charge in [0.2, 0.25) is 0 Å². The molecule has 2 N–H and O–H groups in total. The maximum Gasteiger partial charge on any atom is 0.335 e. The Balaban J connectivity index is 2.39. The van der Waals surface area contributed by atoms with Crippen LogP contribution in [0.15, 0.2) is 48.5 Å². The first-order chi connectivity index (χ1) is 10.5. The van der Waals surface area contributed by atoms with Crippen LogP contribution < -0.4 is 0 Å². The Bertz CT molecular complexity index is 904. The molecule has 0 amide bonds. The van der Waals surface area contributed by atoms with Crippen LogP contribution in [0, 0.1) is 11.6 Å². The van der Waals surface area contributed by atoms with E-state index >= 15 is 0 Å². The summed E-state index contributed by atoms with van der Waals surface area (Å²) >= 11 is 0. The lowest BCUT2D eigenvalue weighted by Gasteiger charge is -2.10. The molecular weight excluding hydrogens is 290 g/mol. The van der Waals surface area contributed by atoms with Gasteiger partial charge in [0.05, 0.1) is 11.1 Å². The Hall–Kier alpha value is -2.95. The van der Waals surface area contributed by atoms with Gasteiger partial charge in [-0.05, 0) is 40.6 Å². The number of aromatic hydroxyl groups is 1. The molecule has 0 saturated carbocycles. The number of benzene rings is 3. The highest BCUT2D eigenvalue weighted by Crippen LogP contribution is 2.35. The van der Waals surface area contributed by atoms with Gasteiger partial charge in [0.15, 0.2) is 11.6 Å². The molecule has 0 bridgehead atoms. The molecule has 0 aliphatic heterocycles. The van der Waals surface area contributed by atoms with Crippen molar-refractivity contribution in [3.05, 3.63) is 65.7 Å². The van der Waals surface area contributed by atoms with Crippen molar-refractivity contribution in [2.75, 3.05) is 0 Å². The predicted molar refractivity (Wildman–Crippen MR) is 77.9 cm³/mol. The summed E-state index contributed by atoms with van der Waals surface area (Å²) in [5.41, 5.74) is -0.180. The lowest BCUT2D eigenvalue weighted by molar-refractivity contribution is 0.0697. The van der Waals surface area contributed by atoms with Crippen LogP contribution in [0.1, 0.15) is 10.4 Å². The van der Waals surface area contributed by atoms with Crippen LogP contribution in [0.4, 0.5) is 8.78 Å². The smallest absolute Gasteiger partial charge is 0.335 e. The van der Waals surface area contributed by atoms with E-state index in [1.54, 1.807) is 18.2 Å². The number of carboxylic acids is 1. The molecule has 0 aliphatic carbocycles. The molecule has 0 spiro atoms. The van der Waals surface area contributed by atoms with Crippen molar-refractivity contribution in [1.82, 2.24) is 0 Å². The van der Waals surface area contributed by atoms with Crippen LogP contribution in [0.25, 0.3) is 21.9 Å². The van der Waals surface area contributed by atoms with Crippen molar-refractivity contribution in [2.45, 2.75) is 0 Å². The summed E-state index contributed by atoms with van der Waals surface area (Å²) < 4.78 is 28.2. The summed E-state index contributed by atoms with van der Waals surface area (Å²) in [5.74, 6) is -3.70. The summed E-state index contributed by atoms with van der Waals surface area (Å²) in [6, 6.07) is 11.1. The van der Waals surface area contributed by atoms with Crippen molar-refractivity contribution in [3.8, 4) is 16.9 Å². The number of rotatable bonds is 2. The number of fused-ring (bicyclic) bond motifs is 1. The van der Waals surface area contributed by atoms with Gasteiger partial charge in [-0.15, -0.1) is 0 Å². The van der Waals surface area contributed by atoms with Gasteiger partial charge in [-0.3, -0.25) is 0 Å². The van der Waals surface area contributed by atoms with E-state index in [2.05, 4.69) is 0 Å². The quantitative estimate of drug-likeness (QED) is 0.746. The third-order valence-corrected chi connectivity index (χ3v) is 3.47. The molecule has 0 atom stereocenters. The average Bonchev–Trinajstić information content (AvgIpc) is 2.51. The predicted octanol–water partition coefficient (Wildman–Crippen LogP) is 4.19.